The maximum Gasteiger partial charge on any atom is 0.0553 e. The summed E-state index contributed by atoms with van der Waals surface area (Å²) in [4.78, 5) is 0. The predicted octanol–water partition coefficient (Wildman–Crippen LogP) is 11.8. The van der Waals surface area contributed by atoms with Gasteiger partial charge in [0.25, 0.3) is 0 Å². The molecule has 11 rings (SSSR count). The summed E-state index contributed by atoms with van der Waals surface area (Å²) in [7, 11) is 0. The van der Waals surface area contributed by atoms with Crippen LogP contribution in [-0.4, -0.2) is 9.13 Å². The van der Waals surface area contributed by atoms with Gasteiger partial charge in [0.15, 0.2) is 0 Å². The highest BCUT2D eigenvalue weighted by Gasteiger charge is 2.26. The normalized spacial score (nSPS) is 12.3. The van der Waals surface area contributed by atoms with E-state index in [1.165, 1.54) is 98.8 Å². The molecule has 0 fully saturated rings. The molecule has 0 spiro atoms. The number of rotatable bonds is 2. The summed E-state index contributed by atoms with van der Waals surface area (Å²) in [5.74, 6) is 0. The van der Waals surface area contributed by atoms with E-state index in [0.717, 1.165) is 0 Å². The van der Waals surface area contributed by atoms with Gasteiger partial charge in [0.05, 0.1) is 22.1 Å². The van der Waals surface area contributed by atoms with Gasteiger partial charge in [0.1, 0.15) is 0 Å². The molecule has 10 aromatic rings. The van der Waals surface area contributed by atoms with Crippen molar-refractivity contribution in [3.8, 4) is 33.6 Å². The summed E-state index contributed by atoms with van der Waals surface area (Å²) in [6.45, 7) is 0. The molecule has 0 unspecified atom stereocenters. The quantitative estimate of drug-likeness (QED) is 0.192. The van der Waals surface area contributed by atoms with Gasteiger partial charge in [-0.25, -0.2) is 0 Å². The van der Waals surface area contributed by atoms with Crippen molar-refractivity contribution in [3.05, 3.63) is 158 Å². The fourth-order valence-electron chi connectivity index (χ4n) is 8.30. The summed E-state index contributed by atoms with van der Waals surface area (Å²) in [5.41, 5.74) is 12.6. The SMILES string of the molecule is c1ccc(-n2c3ccccc3c3cc(-n4c5cc6ccccc6cc5c5c6cccc7c6c(cc54)-c4ccccc4-7)ccc32)cc1. The monoisotopic (exact) mass is 582 g/mol. The smallest absolute Gasteiger partial charge is 0.0553 e. The number of benzene rings is 8. The first kappa shape index (κ1) is 24.2. The average molecular weight is 583 g/mol. The van der Waals surface area contributed by atoms with Crippen molar-refractivity contribution in [2.24, 2.45) is 0 Å². The molecule has 0 saturated carbocycles. The second-order valence-electron chi connectivity index (χ2n) is 12.5. The first-order valence-corrected chi connectivity index (χ1v) is 15.9. The van der Waals surface area contributed by atoms with Crippen LogP contribution in [0, 0.1) is 0 Å². The van der Waals surface area contributed by atoms with E-state index in [1.54, 1.807) is 0 Å². The van der Waals surface area contributed by atoms with E-state index in [2.05, 4.69) is 167 Å². The molecule has 46 heavy (non-hydrogen) atoms. The van der Waals surface area contributed by atoms with Gasteiger partial charge in [0.2, 0.25) is 0 Å². The number of nitrogens with zero attached hydrogens (tertiary/aromatic N) is 2. The minimum atomic E-state index is 1.17. The van der Waals surface area contributed by atoms with Gasteiger partial charge >= 0.3 is 0 Å². The molecule has 2 heteroatoms. The summed E-state index contributed by atoms with van der Waals surface area (Å²) >= 11 is 0. The number of fused-ring (bicyclic) bond motifs is 11. The summed E-state index contributed by atoms with van der Waals surface area (Å²) in [6, 6.07) is 58.2. The van der Waals surface area contributed by atoms with Crippen molar-refractivity contribution in [1.82, 2.24) is 9.13 Å². The molecule has 0 atom stereocenters. The molecule has 2 nitrogen and oxygen atoms in total. The van der Waals surface area contributed by atoms with Crippen LogP contribution in [0.3, 0.4) is 0 Å². The zero-order valence-corrected chi connectivity index (χ0v) is 24.9. The molecule has 0 amide bonds. The van der Waals surface area contributed by atoms with Crippen molar-refractivity contribution < 1.29 is 0 Å². The lowest BCUT2D eigenvalue weighted by atomic mass is 9.97. The van der Waals surface area contributed by atoms with Crippen LogP contribution in [0.5, 0.6) is 0 Å². The van der Waals surface area contributed by atoms with Crippen LogP contribution in [-0.2, 0) is 0 Å². The van der Waals surface area contributed by atoms with Crippen molar-refractivity contribution in [2.75, 3.05) is 0 Å². The largest absolute Gasteiger partial charge is 0.309 e. The van der Waals surface area contributed by atoms with Crippen LogP contribution < -0.4 is 0 Å². The lowest BCUT2D eigenvalue weighted by Gasteiger charge is -2.12. The lowest BCUT2D eigenvalue weighted by molar-refractivity contribution is 1.17. The zero-order chi connectivity index (χ0) is 29.9. The van der Waals surface area contributed by atoms with Crippen LogP contribution in [0.25, 0.3) is 98.8 Å². The molecule has 0 bridgehead atoms. The number of aromatic nitrogens is 2. The third-order valence-corrected chi connectivity index (χ3v) is 10.2. The van der Waals surface area contributed by atoms with E-state index >= 15 is 0 Å². The third-order valence-electron chi connectivity index (χ3n) is 10.2. The Labute approximate surface area is 265 Å². The molecule has 212 valence electrons. The van der Waals surface area contributed by atoms with E-state index < -0.39 is 0 Å². The Morgan fingerprint density at radius 1 is 0.283 bits per heavy atom. The van der Waals surface area contributed by atoms with E-state index in [-0.39, 0.29) is 0 Å². The lowest BCUT2D eigenvalue weighted by Crippen LogP contribution is -1.96. The molecule has 1 aliphatic carbocycles. The van der Waals surface area contributed by atoms with E-state index in [4.69, 9.17) is 0 Å². The molecule has 2 aromatic heterocycles. The van der Waals surface area contributed by atoms with Crippen LogP contribution in [0.2, 0.25) is 0 Å². The third kappa shape index (κ3) is 3.05. The molecule has 2 heterocycles. The molecule has 8 aromatic carbocycles. The van der Waals surface area contributed by atoms with Gasteiger partial charge in [-0.15, -0.1) is 0 Å². The Kier molecular flexibility index (Phi) is 4.61. The van der Waals surface area contributed by atoms with Crippen LogP contribution in [0.4, 0.5) is 0 Å². The van der Waals surface area contributed by atoms with Crippen LogP contribution in [0.1, 0.15) is 0 Å². The minimum Gasteiger partial charge on any atom is -0.309 e. The van der Waals surface area contributed by atoms with Gasteiger partial charge in [-0.05, 0) is 98.4 Å². The predicted molar refractivity (Wildman–Crippen MR) is 195 cm³/mol. The zero-order valence-electron chi connectivity index (χ0n) is 24.9. The molecular formula is C44H26N2. The maximum atomic E-state index is 2.51. The fourth-order valence-corrected chi connectivity index (χ4v) is 8.30. The molecule has 0 N–H and O–H groups in total. The number of hydrogen-bond donors (Lipinski definition) is 0. The number of para-hydroxylation sites is 2. The molecule has 0 radical (unpaired) electrons. The highest BCUT2D eigenvalue weighted by Crippen LogP contribution is 2.51. The molecular weight excluding hydrogens is 556 g/mol. The second kappa shape index (κ2) is 8.74. The van der Waals surface area contributed by atoms with Gasteiger partial charge < -0.3 is 9.13 Å². The fraction of sp³-hybridized carbons (Fsp3) is 0. The van der Waals surface area contributed by atoms with Gasteiger partial charge in [-0.3, -0.25) is 0 Å². The van der Waals surface area contributed by atoms with Crippen molar-refractivity contribution in [1.29, 1.82) is 0 Å². The Morgan fingerprint density at radius 2 is 0.935 bits per heavy atom. The van der Waals surface area contributed by atoms with Gasteiger partial charge in [-0.2, -0.15) is 0 Å². The Hall–Kier alpha value is -6.12. The first-order valence-electron chi connectivity index (χ1n) is 15.9. The molecule has 0 aliphatic heterocycles. The van der Waals surface area contributed by atoms with E-state index in [9.17, 15) is 0 Å². The maximum absolute atomic E-state index is 2.51. The standard InChI is InChI=1S/C44H26N2/c1-2-13-29(14-3-1)45-39-20-9-8-17-33(39)36-25-30(21-22-40(36)45)46-41-24-28-12-5-4-11-27(28)23-38(41)44-35-19-10-18-34-31-15-6-7-16-32(31)37(43(34)35)26-42(44)46/h1-26H. The Balaban J connectivity index is 1.31. The number of hydrogen-bond acceptors (Lipinski definition) is 0. The topological polar surface area (TPSA) is 9.86 Å². The summed E-state index contributed by atoms with van der Waals surface area (Å²) in [5, 5.41) is 10.3. The van der Waals surface area contributed by atoms with Gasteiger partial charge in [0, 0.05) is 32.9 Å². The second-order valence-corrected chi connectivity index (χ2v) is 12.5. The van der Waals surface area contributed by atoms with Crippen LogP contribution >= 0.6 is 0 Å². The van der Waals surface area contributed by atoms with E-state index in [1.807, 2.05) is 0 Å². The Morgan fingerprint density at radius 3 is 1.80 bits per heavy atom. The van der Waals surface area contributed by atoms with E-state index in [0.29, 0.717) is 0 Å². The first-order chi connectivity index (χ1) is 22.8. The van der Waals surface area contributed by atoms with Crippen molar-refractivity contribution in [3.63, 3.8) is 0 Å². The average Bonchev–Trinajstić information content (AvgIpc) is 3.74. The minimum absolute atomic E-state index is 1.17. The van der Waals surface area contributed by atoms with Crippen LogP contribution in [0.15, 0.2) is 158 Å². The van der Waals surface area contributed by atoms with Gasteiger partial charge in [-0.1, -0.05) is 103 Å². The van der Waals surface area contributed by atoms with Crippen molar-refractivity contribution >= 4 is 65.2 Å². The highest BCUT2D eigenvalue weighted by atomic mass is 15.0. The Bertz CT molecular complexity index is 2900. The van der Waals surface area contributed by atoms with Crippen molar-refractivity contribution in [2.45, 2.75) is 0 Å². The summed E-state index contributed by atoms with van der Waals surface area (Å²) in [6.07, 6.45) is 0. The molecule has 1 aliphatic rings. The molecule has 0 saturated heterocycles. The summed E-state index contributed by atoms with van der Waals surface area (Å²) < 4.78 is 4.90. The highest BCUT2D eigenvalue weighted by molar-refractivity contribution is 6.30.